The van der Waals surface area contributed by atoms with Crippen LogP contribution in [0.1, 0.15) is 63.7 Å². The largest absolute Gasteiger partial charge is 0.489 e. The van der Waals surface area contributed by atoms with E-state index in [0.717, 1.165) is 0 Å². The molecule has 5 aromatic carbocycles. The Hall–Kier alpha value is -6.82. The summed E-state index contributed by atoms with van der Waals surface area (Å²) in [6.07, 6.45) is 0. The van der Waals surface area contributed by atoms with Crippen molar-refractivity contribution >= 4 is 23.9 Å². The molecule has 0 bridgehead atoms. The third kappa shape index (κ3) is 9.16. The fraction of sp³-hybridized carbons (Fsp3) is 0.105. The molecule has 0 unspecified atom stereocenters. The van der Waals surface area contributed by atoms with Gasteiger partial charge in [0.25, 0.3) is 0 Å². The van der Waals surface area contributed by atoms with E-state index in [-0.39, 0.29) is 48.7 Å². The topological polar surface area (TPSA) is 186 Å². The van der Waals surface area contributed by atoms with Crippen molar-refractivity contribution in [3.8, 4) is 23.0 Å². The summed E-state index contributed by atoms with van der Waals surface area (Å²) in [5.74, 6) is -2.54. The molecule has 0 heterocycles. The fourth-order valence-electron chi connectivity index (χ4n) is 4.75. The Morgan fingerprint density at radius 3 is 0.680 bits per heavy atom. The maximum atomic E-state index is 11.3. The summed E-state index contributed by atoms with van der Waals surface area (Å²) in [6.45, 7) is 0.227. The molecule has 5 aromatic rings. The second kappa shape index (κ2) is 15.8. The zero-order valence-electron chi connectivity index (χ0n) is 26.3. The quantitative estimate of drug-likeness (QED) is 0.0857. The molecule has 0 spiro atoms. The second-order valence-electron chi connectivity index (χ2n) is 10.9. The molecule has 12 heteroatoms. The van der Waals surface area contributed by atoms with Crippen molar-refractivity contribution in [2.24, 2.45) is 0 Å². The summed E-state index contributed by atoms with van der Waals surface area (Å²) in [6, 6.07) is 27.5. The van der Waals surface area contributed by atoms with Crippen LogP contribution in [0.3, 0.4) is 0 Å². The highest BCUT2D eigenvalue weighted by atomic mass is 16.5. The number of benzene rings is 5. The van der Waals surface area contributed by atoms with Crippen molar-refractivity contribution in [3.05, 3.63) is 154 Å². The fourth-order valence-corrected chi connectivity index (χ4v) is 4.75. The first-order chi connectivity index (χ1) is 24.0. The maximum absolute atomic E-state index is 11.3. The Morgan fingerprint density at radius 1 is 0.340 bits per heavy atom. The maximum Gasteiger partial charge on any atom is 0.335 e. The highest BCUT2D eigenvalue weighted by molar-refractivity contribution is 5.89. The van der Waals surface area contributed by atoms with Crippen LogP contribution in [0.4, 0.5) is 0 Å². The van der Waals surface area contributed by atoms with Crippen LogP contribution in [0.25, 0.3) is 0 Å². The Kier molecular flexibility index (Phi) is 10.9. The summed E-state index contributed by atoms with van der Waals surface area (Å²) in [5.41, 5.74) is 3.23. The lowest BCUT2D eigenvalue weighted by Gasteiger charge is -2.19. The molecular formula is C38H30O12. The average molecular weight is 679 g/mol. The van der Waals surface area contributed by atoms with Gasteiger partial charge in [0.1, 0.15) is 49.4 Å². The van der Waals surface area contributed by atoms with Crippen molar-refractivity contribution < 1.29 is 58.6 Å². The molecule has 0 saturated carbocycles. The van der Waals surface area contributed by atoms with Crippen LogP contribution < -0.4 is 18.9 Å². The van der Waals surface area contributed by atoms with E-state index in [1.165, 1.54) is 48.5 Å². The van der Waals surface area contributed by atoms with Gasteiger partial charge < -0.3 is 39.4 Å². The Balaban J connectivity index is 1.45. The molecule has 254 valence electrons. The zero-order chi connectivity index (χ0) is 35.6. The first kappa shape index (κ1) is 34.5. The number of carboxylic acid groups (broad SMARTS) is 4. The minimum atomic E-state index is -1.06. The molecule has 0 radical (unpaired) electrons. The van der Waals surface area contributed by atoms with Gasteiger partial charge in [-0.25, -0.2) is 19.2 Å². The molecule has 5 rings (SSSR count). The molecule has 50 heavy (non-hydrogen) atoms. The van der Waals surface area contributed by atoms with Crippen molar-refractivity contribution in [1.29, 1.82) is 0 Å². The van der Waals surface area contributed by atoms with E-state index in [2.05, 4.69) is 0 Å². The number of carbonyl (C=O) groups is 4. The van der Waals surface area contributed by atoms with E-state index in [1.807, 2.05) is 12.1 Å². The number of hydrogen-bond acceptors (Lipinski definition) is 8. The van der Waals surface area contributed by atoms with E-state index in [4.69, 9.17) is 18.9 Å². The molecule has 0 saturated heterocycles. The van der Waals surface area contributed by atoms with E-state index in [1.54, 1.807) is 48.5 Å². The van der Waals surface area contributed by atoms with Crippen molar-refractivity contribution in [2.75, 3.05) is 0 Å². The van der Waals surface area contributed by atoms with Gasteiger partial charge >= 0.3 is 23.9 Å². The number of rotatable bonds is 16. The summed E-state index contributed by atoms with van der Waals surface area (Å²) >= 11 is 0. The van der Waals surface area contributed by atoms with Gasteiger partial charge in [0.05, 0.1) is 22.3 Å². The van der Waals surface area contributed by atoms with Gasteiger partial charge in [-0.3, -0.25) is 0 Å². The average Bonchev–Trinajstić information content (AvgIpc) is 3.12. The lowest BCUT2D eigenvalue weighted by Crippen LogP contribution is -2.11. The van der Waals surface area contributed by atoms with E-state index in [9.17, 15) is 39.6 Å². The predicted molar refractivity (Wildman–Crippen MR) is 177 cm³/mol. The zero-order valence-corrected chi connectivity index (χ0v) is 26.3. The molecular weight excluding hydrogens is 648 g/mol. The normalized spacial score (nSPS) is 10.6. The molecule has 4 N–H and O–H groups in total. The second-order valence-corrected chi connectivity index (χ2v) is 10.9. The highest BCUT2D eigenvalue weighted by Gasteiger charge is 2.15. The van der Waals surface area contributed by atoms with Gasteiger partial charge in [-0.1, -0.05) is 0 Å². The monoisotopic (exact) mass is 678 g/mol. The minimum absolute atomic E-state index is 0.0567. The van der Waals surface area contributed by atoms with Gasteiger partial charge in [0.15, 0.2) is 0 Å². The van der Waals surface area contributed by atoms with Crippen molar-refractivity contribution in [3.63, 3.8) is 0 Å². The Morgan fingerprint density at radius 2 is 0.520 bits per heavy atom. The first-order valence-electron chi connectivity index (χ1n) is 15.0. The summed E-state index contributed by atoms with van der Waals surface area (Å²) < 4.78 is 24.1. The number of carboxylic acids is 4. The lowest BCUT2D eigenvalue weighted by molar-refractivity contribution is 0.0686. The SMILES string of the molecule is O=C(O)c1ccc(OCc2cc(COc3ccc(C(=O)O)cc3)c(COc3ccc(C(=O)O)cc3)cc2COc2ccc(C(=O)O)cc2)cc1. The van der Waals surface area contributed by atoms with E-state index >= 15 is 0 Å². The molecule has 0 fully saturated rings. The minimum Gasteiger partial charge on any atom is -0.489 e. The molecule has 0 atom stereocenters. The van der Waals surface area contributed by atoms with Crippen LogP contribution >= 0.6 is 0 Å². The predicted octanol–water partition coefficient (Wildman–Crippen LogP) is 6.80. The first-order valence-corrected chi connectivity index (χ1v) is 15.0. The van der Waals surface area contributed by atoms with Gasteiger partial charge in [-0.15, -0.1) is 0 Å². The Bertz CT molecular complexity index is 1690. The lowest BCUT2D eigenvalue weighted by atomic mass is 9.99. The third-order valence-electron chi connectivity index (χ3n) is 7.50. The van der Waals surface area contributed by atoms with Crippen LogP contribution in [0.2, 0.25) is 0 Å². The Labute approximate surface area is 285 Å². The number of ether oxygens (including phenoxy) is 4. The van der Waals surface area contributed by atoms with Crippen molar-refractivity contribution in [1.82, 2.24) is 0 Å². The summed E-state index contributed by atoms with van der Waals surface area (Å²) in [7, 11) is 0. The van der Waals surface area contributed by atoms with Crippen LogP contribution in [0.15, 0.2) is 109 Å². The molecule has 12 nitrogen and oxygen atoms in total. The van der Waals surface area contributed by atoms with Crippen LogP contribution in [0.5, 0.6) is 23.0 Å². The van der Waals surface area contributed by atoms with Gasteiger partial charge in [0.2, 0.25) is 0 Å². The molecule has 0 aliphatic heterocycles. The van der Waals surface area contributed by atoms with Crippen molar-refractivity contribution in [2.45, 2.75) is 26.4 Å². The molecule has 0 aliphatic rings. The van der Waals surface area contributed by atoms with E-state index in [0.29, 0.717) is 45.3 Å². The third-order valence-corrected chi connectivity index (χ3v) is 7.50. The molecule has 0 aromatic heterocycles. The molecule has 0 amide bonds. The van der Waals surface area contributed by atoms with E-state index < -0.39 is 23.9 Å². The van der Waals surface area contributed by atoms with Crippen LogP contribution in [-0.4, -0.2) is 44.3 Å². The van der Waals surface area contributed by atoms with Gasteiger partial charge in [-0.05, 0) is 131 Å². The summed E-state index contributed by atoms with van der Waals surface area (Å²) in [4.78, 5) is 45.1. The van der Waals surface area contributed by atoms with Crippen LogP contribution in [-0.2, 0) is 26.4 Å². The molecule has 0 aliphatic carbocycles. The smallest absolute Gasteiger partial charge is 0.335 e. The van der Waals surface area contributed by atoms with Crippen LogP contribution in [0, 0.1) is 0 Å². The number of aromatic carboxylic acids is 4. The standard InChI is InChI=1S/C38H30O12/c39-35(40)23-1-9-31(10-2-23)47-19-27-17-29(21-49-33-13-5-25(6-14-33)37(43)44)30(22-50-34-15-7-26(8-16-34)38(45)46)18-28(27)20-48-32-11-3-24(4-12-32)36(41)42/h1-18H,19-22H2,(H,39,40)(H,41,42)(H,43,44)(H,45,46). The summed E-state index contributed by atoms with van der Waals surface area (Å²) in [5, 5.41) is 37.0. The van der Waals surface area contributed by atoms with Gasteiger partial charge in [0, 0.05) is 0 Å². The highest BCUT2D eigenvalue weighted by Crippen LogP contribution is 2.26. The van der Waals surface area contributed by atoms with Gasteiger partial charge in [-0.2, -0.15) is 0 Å². The number of hydrogen-bond donors (Lipinski definition) is 4.